The van der Waals surface area contributed by atoms with Crippen molar-refractivity contribution < 1.29 is 24.2 Å². The quantitative estimate of drug-likeness (QED) is 0.0318. The first-order valence-electron chi connectivity index (χ1n) is 26.1. The molecule has 0 aliphatic carbocycles. The van der Waals surface area contributed by atoms with Crippen LogP contribution in [0, 0.1) is 0 Å². The predicted octanol–water partition coefficient (Wildman–Crippen LogP) is 15.7. The maximum Gasteiger partial charge on any atom is 0.326 e. The number of ether oxygens (including phenoxy) is 1. The molecule has 0 fully saturated rings. The maximum atomic E-state index is 12.9. The van der Waals surface area contributed by atoms with E-state index >= 15 is 0 Å². The van der Waals surface area contributed by atoms with E-state index in [-0.39, 0.29) is 18.0 Å². The van der Waals surface area contributed by atoms with Crippen molar-refractivity contribution in [2.45, 2.75) is 264 Å². The molecule has 0 aliphatic rings. The third-order valence-corrected chi connectivity index (χ3v) is 11.6. The minimum Gasteiger partial charge on any atom is -0.480 e. The number of hydrogen-bond acceptors (Lipinski definition) is 5. The number of carboxylic acids is 1. The minimum absolute atomic E-state index is 0.0102. The van der Waals surface area contributed by atoms with E-state index in [0.717, 1.165) is 103 Å². The van der Waals surface area contributed by atoms with Gasteiger partial charge in [-0.05, 0) is 122 Å². The molecule has 0 aromatic rings. The van der Waals surface area contributed by atoms with Crippen LogP contribution in [-0.4, -0.2) is 41.6 Å². The standard InChI is InChI=1S/C55H98N2O5/c1-3-5-7-9-11-13-15-17-19-20-21-22-23-24-26-28-30-32-34-39-43-49-54(59)62-51(45-40-36-33-31-29-27-25-18-16-14-12-10-8-6-4-2)46-41-37-35-38-42-48-53(58)57-52(55(60)61)47-44-50-56/h5,7,11,13,17,19,21-22,27,29,51-52H,3-4,6,8-10,12,14-16,18,20,23-26,28,30-50,56H2,1-2H3,(H,57,58)(H,60,61)/b7-5-,13-11-,19-17-,22-21-,29-27-. The van der Waals surface area contributed by atoms with Gasteiger partial charge in [0.15, 0.2) is 0 Å². The average Bonchev–Trinajstić information content (AvgIpc) is 3.26. The van der Waals surface area contributed by atoms with E-state index < -0.39 is 12.0 Å². The molecule has 4 N–H and O–H groups in total. The molecule has 0 rings (SSSR count). The Balaban J connectivity index is 4.32. The fraction of sp³-hybridized carbons (Fsp3) is 0.764. The molecule has 0 saturated carbocycles. The third kappa shape index (κ3) is 45.1. The number of hydrogen-bond donors (Lipinski definition) is 3. The van der Waals surface area contributed by atoms with Crippen LogP contribution in [0.15, 0.2) is 60.8 Å². The summed E-state index contributed by atoms with van der Waals surface area (Å²) in [4.78, 5) is 36.6. The van der Waals surface area contributed by atoms with Gasteiger partial charge in [0.1, 0.15) is 12.1 Å². The molecule has 7 nitrogen and oxygen atoms in total. The highest BCUT2D eigenvalue weighted by Gasteiger charge is 2.19. The molecule has 7 heteroatoms. The Morgan fingerprint density at radius 1 is 0.484 bits per heavy atom. The normalized spacial score (nSPS) is 13.1. The van der Waals surface area contributed by atoms with Crippen LogP contribution in [0.1, 0.15) is 251 Å². The molecule has 0 aromatic carbocycles. The number of carbonyl (C=O) groups excluding carboxylic acids is 2. The monoisotopic (exact) mass is 867 g/mol. The van der Waals surface area contributed by atoms with Gasteiger partial charge in [-0.1, -0.05) is 184 Å². The van der Waals surface area contributed by atoms with E-state index in [1.54, 1.807) is 0 Å². The molecule has 0 radical (unpaired) electrons. The molecular weight excluding hydrogens is 769 g/mol. The summed E-state index contributed by atoms with van der Waals surface area (Å²) >= 11 is 0. The summed E-state index contributed by atoms with van der Waals surface area (Å²) in [6.07, 6.45) is 62.8. The van der Waals surface area contributed by atoms with E-state index in [4.69, 9.17) is 10.5 Å². The summed E-state index contributed by atoms with van der Waals surface area (Å²) < 4.78 is 6.08. The second-order valence-electron chi connectivity index (χ2n) is 17.5. The number of carbonyl (C=O) groups is 3. The lowest BCUT2D eigenvalue weighted by Gasteiger charge is -2.18. The van der Waals surface area contributed by atoms with Crippen LogP contribution in [0.2, 0.25) is 0 Å². The van der Waals surface area contributed by atoms with Gasteiger partial charge in [0, 0.05) is 12.8 Å². The van der Waals surface area contributed by atoms with Crippen molar-refractivity contribution in [3.8, 4) is 0 Å². The number of nitrogens with two attached hydrogens (primary N) is 1. The summed E-state index contributed by atoms with van der Waals surface area (Å²) in [6.45, 7) is 4.85. The zero-order valence-electron chi connectivity index (χ0n) is 40.5. The highest BCUT2D eigenvalue weighted by molar-refractivity contribution is 5.83. The Kier molecular flexibility index (Phi) is 46.8. The molecule has 62 heavy (non-hydrogen) atoms. The summed E-state index contributed by atoms with van der Waals surface area (Å²) in [7, 11) is 0. The highest BCUT2D eigenvalue weighted by Crippen LogP contribution is 2.19. The van der Waals surface area contributed by atoms with Gasteiger partial charge in [0.2, 0.25) is 5.91 Å². The van der Waals surface area contributed by atoms with E-state index in [0.29, 0.717) is 32.2 Å². The van der Waals surface area contributed by atoms with Crippen LogP contribution in [0.5, 0.6) is 0 Å². The van der Waals surface area contributed by atoms with Crippen LogP contribution in [0.3, 0.4) is 0 Å². The number of aliphatic carboxylic acids is 1. The van der Waals surface area contributed by atoms with Crippen LogP contribution in [0.4, 0.5) is 0 Å². The molecule has 0 aliphatic heterocycles. The largest absolute Gasteiger partial charge is 0.480 e. The van der Waals surface area contributed by atoms with Crippen LogP contribution in [-0.2, 0) is 19.1 Å². The van der Waals surface area contributed by atoms with Gasteiger partial charge >= 0.3 is 11.9 Å². The van der Waals surface area contributed by atoms with Crippen molar-refractivity contribution in [1.82, 2.24) is 5.32 Å². The fourth-order valence-corrected chi connectivity index (χ4v) is 7.67. The van der Waals surface area contributed by atoms with Crippen molar-refractivity contribution in [1.29, 1.82) is 0 Å². The lowest BCUT2D eigenvalue weighted by Crippen LogP contribution is -2.40. The van der Waals surface area contributed by atoms with Crippen molar-refractivity contribution in [2.24, 2.45) is 5.73 Å². The Bertz CT molecular complexity index is 1160. The van der Waals surface area contributed by atoms with Gasteiger partial charge in [0.05, 0.1) is 0 Å². The Morgan fingerprint density at radius 2 is 0.887 bits per heavy atom. The topological polar surface area (TPSA) is 119 Å². The molecule has 2 atom stereocenters. The van der Waals surface area contributed by atoms with Crippen molar-refractivity contribution in [3.05, 3.63) is 60.8 Å². The van der Waals surface area contributed by atoms with Gasteiger partial charge in [0.25, 0.3) is 0 Å². The van der Waals surface area contributed by atoms with Gasteiger partial charge < -0.3 is 20.9 Å². The van der Waals surface area contributed by atoms with Gasteiger partial charge in [-0.3, -0.25) is 9.59 Å². The SMILES string of the molecule is CC/C=C\C/C=C\C/C=C\C/C=C\CCCCCCCCCCC(=O)OC(CCCCC/C=C\CCCCCCCCCC)CCCCCCCC(=O)NC(CCCN)C(=O)O. The number of allylic oxidation sites excluding steroid dienone is 10. The van der Waals surface area contributed by atoms with Crippen LogP contribution in [0.25, 0.3) is 0 Å². The second kappa shape index (κ2) is 49.1. The molecule has 0 saturated heterocycles. The summed E-state index contributed by atoms with van der Waals surface area (Å²) in [6, 6.07) is -0.861. The molecule has 2 unspecified atom stereocenters. The summed E-state index contributed by atoms with van der Waals surface area (Å²) in [5, 5.41) is 12.0. The van der Waals surface area contributed by atoms with Gasteiger partial charge in [-0.15, -0.1) is 0 Å². The zero-order chi connectivity index (χ0) is 45.2. The Hall–Kier alpha value is -2.93. The first-order chi connectivity index (χ1) is 30.4. The number of amides is 1. The zero-order valence-corrected chi connectivity index (χ0v) is 40.5. The lowest BCUT2D eigenvalue weighted by atomic mass is 10.0. The molecule has 1 amide bonds. The summed E-state index contributed by atoms with van der Waals surface area (Å²) in [5.41, 5.74) is 5.50. The van der Waals surface area contributed by atoms with Crippen molar-refractivity contribution in [3.63, 3.8) is 0 Å². The summed E-state index contributed by atoms with van der Waals surface area (Å²) in [5.74, 6) is -1.24. The second-order valence-corrected chi connectivity index (χ2v) is 17.5. The molecule has 0 spiro atoms. The molecule has 0 heterocycles. The maximum absolute atomic E-state index is 12.9. The molecule has 0 aromatic heterocycles. The predicted molar refractivity (Wildman–Crippen MR) is 266 cm³/mol. The first kappa shape index (κ1) is 59.1. The number of rotatable bonds is 47. The van der Waals surface area contributed by atoms with E-state index in [1.807, 2.05) is 0 Å². The van der Waals surface area contributed by atoms with E-state index in [1.165, 1.54) is 109 Å². The molecule has 358 valence electrons. The Labute approximate surface area is 382 Å². The molecular formula is C55H98N2O5. The number of esters is 1. The van der Waals surface area contributed by atoms with Gasteiger partial charge in [-0.25, -0.2) is 4.79 Å². The van der Waals surface area contributed by atoms with E-state index in [2.05, 4.69) is 79.9 Å². The van der Waals surface area contributed by atoms with Crippen LogP contribution < -0.4 is 11.1 Å². The lowest BCUT2D eigenvalue weighted by molar-refractivity contribution is -0.150. The van der Waals surface area contributed by atoms with Crippen LogP contribution >= 0.6 is 0 Å². The number of nitrogens with one attached hydrogen (secondary N) is 1. The highest BCUT2D eigenvalue weighted by atomic mass is 16.5. The average molecular weight is 867 g/mol. The minimum atomic E-state index is -1.01. The van der Waals surface area contributed by atoms with Crippen molar-refractivity contribution in [2.75, 3.05) is 6.54 Å². The van der Waals surface area contributed by atoms with Crippen molar-refractivity contribution >= 4 is 17.8 Å². The number of unbranched alkanes of at least 4 members (excludes halogenated alkanes) is 23. The smallest absolute Gasteiger partial charge is 0.326 e. The van der Waals surface area contributed by atoms with E-state index in [9.17, 15) is 19.5 Å². The van der Waals surface area contributed by atoms with Gasteiger partial charge in [-0.2, -0.15) is 0 Å². The third-order valence-electron chi connectivity index (χ3n) is 11.6. The molecule has 0 bridgehead atoms. The first-order valence-corrected chi connectivity index (χ1v) is 26.1. The fourth-order valence-electron chi connectivity index (χ4n) is 7.67. The Morgan fingerprint density at radius 3 is 1.37 bits per heavy atom. The number of carboxylic acid groups (broad SMARTS) is 1.